The molecule has 0 unspecified atom stereocenters. The predicted molar refractivity (Wildman–Crippen MR) is 68.7 cm³/mol. The summed E-state index contributed by atoms with van der Waals surface area (Å²) in [6.07, 6.45) is 5.58. The molecule has 0 atom stereocenters. The van der Waals surface area contributed by atoms with E-state index in [-0.39, 0.29) is 0 Å². The molecule has 0 aliphatic rings. The first kappa shape index (κ1) is 12.4. The van der Waals surface area contributed by atoms with Crippen LogP contribution in [0.4, 0.5) is 0 Å². The van der Waals surface area contributed by atoms with Crippen molar-refractivity contribution >= 4 is 5.97 Å². The SMILES string of the molecule is CCCn1ccnc1Cc1ccc(C(=O)O)cc1. The normalized spacial score (nSPS) is 10.5. The second-order valence-corrected chi connectivity index (χ2v) is 4.22. The van der Waals surface area contributed by atoms with Gasteiger partial charge in [0, 0.05) is 25.4 Å². The van der Waals surface area contributed by atoms with E-state index < -0.39 is 5.97 Å². The lowest BCUT2D eigenvalue weighted by Crippen LogP contribution is -2.03. The van der Waals surface area contributed by atoms with Gasteiger partial charge in [0.1, 0.15) is 5.82 Å². The Labute approximate surface area is 106 Å². The van der Waals surface area contributed by atoms with E-state index in [1.54, 1.807) is 18.3 Å². The van der Waals surface area contributed by atoms with Crippen molar-refractivity contribution < 1.29 is 9.90 Å². The molecule has 0 spiro atoms. The smallest absolute Gasteiger partial charge is 0.335 e. The van der Waals surface area contributed by atoms with Crippen molar-refractivity contribution in [1.82, 2.24) is 9.55 Å². The highest BCUT2D eigenvalue weighted by Crippen LogP contribution is 2.10. The van der Waals surface area contributed by atoms with Crippen LogP contribution in [0, 0.1) is 0 Å². The van der Waals surface area contributed by atoms with Crippen LogP contribution in [-0.2, 0) is 13.0 Å². The minimum atomic E-state index is -0.894. The van der Waals surface area contributed by atoms with Gasteiger partial charge in [-0.2, -0.15) is 0 Å². The minimum Gasteiger partial charge on any atom is -0.478 e. The maximum absolute atomic E-state index is 10.8. The Kier molecular flexibility index (Phi) is 3.77. The second kappa shape index (κ2) is 5.49. The number of aromatic nitrogens is 2. The summed E-state index contributed by atoms with van der Waals surface area (Å²) in [5.41, 5.74) is 1.39. The molecule has 2 rings (SSSR count). The summed E-state index contributed by atoms with van der Waals surface area (Å²) in [6.45, 7) is 3.09. The third-order valence-corrected chi connectivity index (χ3v) is 2.83. The highest BCUT2D eigenvalue weighted by atomic mass is 16.4. The van der Waals surface area contributed by atoms with Gasteiger partial charge in [-0.3, -0.25) is 0 Å². The summed E-state index contributed by atoms with van der Waals surface area (Å²) >= 11 is 0. The molecule has 18 heavy (non-hydrogen) atoms. The number of rotatable bonds is 5. The number of carboxylic acids is 1. The van der Waals surface area contributed by atoms with E-state index in [0.717, 1.165) is 30.8 Å². The van der Waals surface area contributed by atoms with E-state index in [2.05, 4.69) is 16.5 Å². The molecule has 1 N–H and O–H groups in total. The zero-order valence-electron chi connectivity index (χ0n) is 10.3. The van der Waals surface area contributed by atoms with Crippen molar-refractivity contribution in [3.63, 3.8) is 0 Å². The summed E-state index contributed by atoms with van der Waals surface area (Å²) < 4.78 is 2.13. The molecule has 2 aromatic rings. The van der Waals surface area contributed by atoms with Crippen LogP contribution in [0.3, 0.4) is 0 Å². The first-order valence-corrected chi connectivity index (χ1v) is 6.03. The first-order valence-electron chi connectivity index (χ1n) is 6.03. The molecule has 0 aliphatic carbocycles. The molecule has 1 heterocycles. The Morgan fingerprint density at radius 1 is 1.33 bits per heavy atom. The Hall–Kier alpha value is -2.10. The zero-order chi connectivity index (χ0) is 13.0. The van der Waals surface area contributed by atoms with E-state index in [0.29, 0.717) is 5.56 Å². The van der Waals surface area contributed by atoms with Crippen LogP contribution in [0.5, 0.6) is 0 Å². The maximum Gasteiger partial charge on any atom is 0.335 e. The van der Waals surface area contributed by atoms with Gasteiger partial charge >= 0.3 is 5.97 Å². The van der Waals surface area contributed by atoms with Crippen LogP contribution in [0.15, 0.2) is 36.7 Å². The lowest BCUT2D eigenvalue weighted by atomic mass is 10.1. The van der Waals surface area contributed by atoms with Gasteiger partial charge in [-0.25, -0.2) is 9.78 Å². The number of aryl methyl sites for hydroxylation is 1. The third-order valence-electron chi connectivity index (χ3n) is 2.83. The average Bonchev–Trinajstić information content (AvgIpc) is 2.78. The molecule has 1 aromatic carbocycles. The highest BCUT2D eigenvalue weighted by molar-refractivity contribution is 5.87. The largest absolute Gasteiger partial charge is 0.478 e. The molecular weight excluding hydrogens is 228 g/mol. The fourth-order valence-electron chi connectivity index (χ4n) is 1.90. The van der Waals surface area contributed by atoms with E-state index in [9.17, 15) is 4.79 Å². The molecule has 4 heteroatoms. The van der Waals surface area contributed by atoms with Crippen molar-refractivity contribution in [2.24, 2.45) is 0 Å². The van der Waals surface area contributed by atoms with Crippen molar-refractivity contribution in [1.29, 1.82) is 0 Å². The van der Waals surface area contributed by atoms with Crippen LogP contribution >= 0.6 is 0 Å². The van der Waals surface area contributed by atoms with Gasteiger partial charge in [-0.15, -0.1) is 0 Å². The lowest BCUT2D eigenvalue weighted by Gasteiger charge is -2.06. The molecule has 0 fully saturated rings. The number of carboxylic acid groups (broad SMARTS) is 1. The summed E-state index contributed by atoms with van der Waals surface area (Å²) in [6, 6.07) is 6.94. The van der Waals surface area contributed by atoms with E-state index >= 15 is 0 Å². The minimum absolute atomic E-state index is 0.315. The highest BCUT2D eigenvalue weighted by Gasteiger charge is 2.05. The standard InChI is InChI=1S/C14H16N2O2/c1-2-8-16-9-7-15-13(16)10-11-3-5-12(6-4-11)14(17)18/h3-7,9H,2,8,10H2,1H3,(H,17,18). The number of imidazole rings is 1. The van der Waals surface area contributed by atoms with Gasteiger partial charge in [-0.1, -0.05) is 19.1 Å². The van der Waals surface area contributed by atoms with Gasteiger partial charge < -0.3 is 9.67 Å². The summed E-state index contributed by atoms with van der Waals surface area (Å²) in [5.74, 6) is 0.119. The third kappa shape index (κ3) is 2.77. The van der Waals surface area contributed by atoms with Gasteiger partial charge in [0.25, 0.3) is 0 Å². The molecule has 0 aliphatic heterocycles. The fraction of sp³-hybridized carbons (Fsp3) is 0.286. The fourth-order valence-corrected chi connectivity index (χ4v) is 1.90. The topological polar surface area (TPSA) is 55.1 Å². The first-order chi connectivity index (χ1) is 8.70. The molecule has 4 nitrogen and oxygen atoms in total. The monoisotopic (exact) mass is 244 g/mol. The van der Waals surface area contributed by atoms with Crippen molar-refractivity contribution in [3.8, 4) is 0 Å². The molecular formula is C14H16N2O2. The summed E-state index contributed by atoms with van der Waals surface area (Å²) in [5, 5.41) is 8.83. The van der Waals surface area contributed by atoms with Gasteiger partial charge in [0.15, 0.2) is 0 Å². The van der Waals surface area contributed by atoms with Crippen LogP contribution in [0.1, 0.15) is 35.1 Å². The Bertz CT molecular complexity index is 529. The average molecular weight is 244 g/mol. The molecule has 1 aromatic heterocycles. The predicted octanol–water partition coefficient (Wildman–Crippen LogP) is 2.58. The van der Waals surface area contributed by atoms with Crippen molar-refractivity contribution in [3.05, 3.63) is 53.6 Å². The Morgan fingerprint density at radius 2 is 2.06 bits per heavy atom. The lowest BCUT2D eigenvalue weighted by molar-refractivity contribution is 0.0697. The molecule has 0 saturated carbocycles. The molecule has 0 saturated heterocycles. The van der Waals surface area contributed by atoms with Gasteiger partial charge in [0.2, 0.25) is 0 Å². The Balaban J connectivity index is 2.13. The number of nitrogens with zero attached hydrogens (tertiary/aromatic N) is 2. The number of carbonyl (C=O) groups is 1. The molecule has 0 radical (unpaired) electrons. The summed E-state index contributed by atoms with van der Waals surface area (Å²) in [7, 11) is 0. The Morgan fingerprint density at radius 3 is 2.67 bits per heavy atom. The van der Waals surface area contributed by atoms with Crippen LogP contribution < -0.4 is 0 Å². The molecule has 0 bridgehead atoms. The van der Waals surface area contributed by atoms with Crippen LogP contribution in [0.2, 0.25) is 0 Å². The second-order valence-electron chi connectivity index (χ2n) is 4.22. The van der Waals surface area contributed by atoms with Gasteiger partial charge in [0.05, 0.1) is 5.56 Å². The van der Waals surface area contributed by atoms with E-state index in [1.807, 2.05) is 18.3 Å². The van der Waals surface area contributed by atoms with Crippen LogP contribution in [-0.4, -0.2) is 20.6 Å². The number of hydrogen-bond acceptors (Lipinski definition) is 2. The molecule has 0 amide bonds. The van der Waals surface area contributed by atoms with E-state index in [4.69, 9.17) is 5.11 Å². The number of benzene rings is 1. The molecule has 94 valence electrons. The zero-order valence-corrected chi connectivity index (χ0v) is 10.3. The number of aromatic carboxylic acids is 1. The van der Waals surface area contributed by atoms with Crippen LogP contribution in [0.25, 0.3) is 0 Å². The quantitative estimate of drug-likeness (QED) is 0.879. The summed E-state index contributed by atoms with van der Waals surface area (Å²) in [4.78, 5) is 15.1. The van der Waals surface area contributed by atoms with Crippen molar-refractivity contribution in [2.45, 2.75) is 26.3 Å². The van der Waals surface area contributed by atoms with E-state index in [1.165, 1.54) is 0 Å². The van der Waals surface area contributed by atoms with Crippen molar-refractivity contribution in [2.75, 3.05) is 0 Å². The number of hydrogen-bond donors (Lipinski definition) is 1. The maximum atomic E-state index is 10.8. The van der Waals surface area contributed by atoms with Gasteiger partial charge in [-0.05, 0) is 24.1 Å².